The molecular formula is C22H19N5O4. The second-order valence-corrected chi connectivity index (χ2v) is 6.86. The number of carbonyl (C=O) groups is 1. The normalized spacial score (nSPS) is 11.1. The summed E-state index contributed by atoms with van der Waals surface area (Å²) in [6.45, 7) is 3.27. The molecule has 0 radical (unpaired) electrons. The van der Waals surface area contributed by atoms with Crippen LogP contribution in [0.2, 0.25) is 0 Å². The largest absolute Gasteiger partial charge is 0.315 e. The first-order valence-electron chi connectivity index (χ1n) is 9.26. The van der Waals surface area contributed by atoms with Crippen LogP contribution in [0, 0.1) is 35.3 Å². The van der Waals surface area contributed by atoms with E-state index in [9.17, 15) is 25.0 Å². The lowest BCUT2D eigenvalue weighted by molar-refractivity contribution is -0.385. The molecule has 1 N–H and O–H groups in total. The number of carbonyl (C=O) groups excluding carboxylic acids is 1. The van der Waals surface area contributed by atoms with Crippen LogP contribution in [0.25, 0.3) is 11.8 Å². The van der Waals surface area contributed by atoms with Crippen molar-refractivity contribution in [2.45, 2.75) is 13.8 Å². The molecule has 1 aromatic heterocycles. The van der Waals surface area contributed by atoms with Crippen molar-refractivity contribution in [3.63, 3.8) is 0 Å². The predicted molar refractivity (Wildman–Crippen MR) is 116 cm³/mol. The number of amides is 1. The molecule has 0 spiro atoms. The fourth-order valence-corrected chi connectivity index (χ4v) is 3.12. The lowest BCUT2D eigenvalue weighted by Crippen LogP contribution is -2.23. The minimum Gasteiger partial charge on any atom is -0.315 e. The summed E-state index contributed by atoms with van der Waals surface area (Å²) in [4.78, 5) is 36.2. The number of para-hydroxylation sites is 1. The van der Waals surface area contributed by atoms with E-state index in [-0.39, 0.29) is 16.9 Å². The van der Waals surface area contributed by atoms with E-state index in [4.69, 9.17) is 0 Å². The predicted octanol–water partition coefficient (Wildman–Crippen LogP) is 3.25. The molecule has 0 saturated heterocycles. The van der Waals surface area contributed by atoms with Crippen LogP contribution in [-0.2, 0) is 11.8 Å². The van der Waals surface area contributed by atoms with E-state index in [0.29, 0.717) is 22.5 Å². The number of aromatic nitrogens is 2. The zero-order valence-corrected chi connectivity index (χ0v) is 17.1. The van der Waals surface area contributed by atoms with Crippen LogP contribution >= 0.6 is 0 Å². The van der Waals surface area contributed by atoms with Gasteiger partial charge in [0.05, 0.1) is 16.3 Å². The summed E-state index contributed by atoms with van der Waals surface area (Å²) >= 11 is 0. The second kappa shape index (κ2) is 8.51. The first kappa shape index (κ1) is 21.3. The van der Waals surface area contributed by atoms with Gasteiger partial charge in [0.2, 0.25) is 0 Å². The molecule has 3 rings (SSSR count). The molecule has 1 heterocycles. The molecule has 0 unspecified atom stereocenters. The zero-order chi connectivity index (χ0) is 22.7. The van der Waals surface area contributed by atoms with Crippen LogP contribution < -0.4 is 10.9 Å². The summed E-state index contributed by atoms with van der Waals surface area (Å²) in [7, 11) is 1.69. The SMILES string of the molecule is Cc1ccc(/C=C(\C#N)C(=O)Nc2c(C)n(C)n(-c3ccccc3)c2=O)cc1[N+](=O)[O-]. The number of aryl methyl sites for hydroxylation is 1. The zero-order valence-electron chi connectivity index (χ0n) is 17.1. The Labute approximate surface area is 177 Å². The van der Waals surface area contributed by atoms with Crippen molar-refractivity contribution in [2.75, 3.05) is 5.32 Å². The van der Waals surface area contributed by atoms with Crippen molar-refractivity contribution in [1.29, 1.82) is 5.26 Å². The van der Waals surface area contributed by atoms with Gasteiger partial charge in [0, 0.05) is 18.7 Å². The fraction of sp³-hybridized carbons (Fsp3) is 0.136. The maximum absolute atomic E-state index is 12.9. The maximum Gasteiger partial charge on any atom is 0.295 e. The van der Waals surface area contributed by atoms with Gasteiger partial charge in [0.1, 0.15) is 17.3 Å². The molecule has 2 aromatic carbocycles. The monoisotopic (exact) mass is 417 g/mol. The maximum atomic E-state index is 12.9. The molecule has 1 amide bonds. The Balaban J connectivity index is 1.97. The summed E-state index contributed by atoms with van der Waals surface area (Å²) in [5.41, 5.74) is 1.13. The molecule has 0 fully saturated rings. The molecule has 0 aliphatic carbocycles. The first-order chi connectivity index (χ1) is 14.7. The van der Waals surface area contributed by atoms with Gasteiger partial charge in [-0.2, -0.15) is 5.26 Å². The number of anilines is 1. The summed E-state index contributed by atoms with van der Waals surface area (Å²) < 4.78 is 3.01. The van der Waals surface area contributed by atoms with Gasteiger partial charge in [-0.1, -0.05) is 30.3 Å². The topological polar surface area (TPSA) is 123 Å². The van der Waals surface area contributed by atoms with Crippen LogP contribution in [0.1, 0.15) is 16.8 Å². The quantitative estimate of drug-likeness (QED) is 0.295. The third-order valence-electron chi connectivity index (χ3n) is 4.90. The number of rotatable bonds is 5. The van der Waals surface area contributed by atoms with Crippen LogP contribution in [0.15, 0.2) is 58.9 Å². The Hall–Kier alpha value is -4.45. The molecule has 0 saturated carbocycles. The number of nitro benzene ring substituents is 1. The van der Waals surface area contributed by atoms with Crippen molar-refractivity contribution in [3.8, 4) is 11.8 Å². The molecule has 3 aromatic rings. The van der Waals surface area contributed by atoms with E-state index in [0.717, 1.165) is 0 Å². The third-order valence-corrected chi connectivity index (χ3v) is 4.90. The highest BCUT2D eigenvalue weighted by atomic mass is 16.6. The highest BCUT2D eigenvalue weighted by molar-refractivity contribution is 6.09. The van der Waals surface area contributed by atoms with Crippen molar-refractivity contribution < 1.29 is 9.72 Å². The summed E-state index contributed by atoms with van der Waals surface area (Å²) in [6, 6.07) is 15.1. The Morgan fingerprint density at radius 3 is 2.48 bits per heavy atom. The van der Waals surface area contributed by atoms with Crippen LogP contribution in [0.4, 0.5) is 11.4 Å². The molecule has 0 atom stereocenters. The molecular weight excluding hydrogens is 398 g/mol. The van der Waals surface area contributed by atoms with Crippen molar-refractivity contribution in [2.24, 2.45) is 7.05 Å². The van der Waals surface area contributed by atoms with E-state index in [1.54, 1.807) is 62.0 Å². The van der Waals surface area contributed by atoms with Gasteiger partial charge < -0.3 is 5.32 Å². The van der Waals surface area contributed by atoms with Crippen molar-refractivity contribution >= 4 is 23.4 Å². The number of nitrogens with zero attached hydrogens (tertiary/aromatic N) is 4. The second-order valence-electron chi connectivity index (χ2n) is 6.86. The summed E-state index contributed by atoms with van der Waals surface area (Å²) in [5.74, 6) is -0.781. The lowest BCUT2D eigenvalue weighted by atomic mass is 10.1. The van der Waals surface area contributed by atoms with E-state index in [1.807, 2.05) is 6.07 Å². The average molecular weight is 417 g/mol. The number of nitriles is 1. The molecule has 156 valence electrons. The van der Waals surface area contributed by atoms with Crippen molar-refractivity contribution in [1.82, 2.24) is 9.36 Å². The Morgan fingerprint density at radius 2 is 1.87 bits per heavy atom. The molecule has 31 heavy (non-hydrogen) atoms. The minimum absolute atomic E-state index is 0.0485. The third kappa shape index (κ3) is 4.13. The Morgan fingerprint density at radius 1 is 1.19 bits per heavy atom. The molecule has 0 aliphatic heterocycles. The first-order valence-corrected chi connectivity index (χ1v) is 9.26. The van der Waals surface area contributed by atoms with E-state index in [2.05, 4.69) is 5.32 Å². The van der Waals surface area contributed by atoms with Gasteiger partial charge in [0.25, 0.3) is 17.2 Å². The number of hydrogen-bond acceptors (Lipinski definition) is 5. The van der Waals surface area contributed by atoms with Gasteiger partial charge >= 0.3 is 0 Å². The van der Waals surface area contributed by atoms with Crippen molar-refractivity contribution in [3.05, 3.63) is 91.4 Å². The summed E-state index contributed by atoms with van der Waals surface area (Å²) in [6.07, 6.45) is 1.25. The fourth-order valence-electron chi connectivity index (χ4n) is 3.12. The molecule has 0 bridgehead atoms. The molecule has 9 nitrogen and oxygen atoms in total. The van der Waals surface area contributed by atoms with E-state index >= 15 is 0 Å². The Kier molecular flexibility index (Phi) is 5.83. The molecule has 0 aliphatic rings. The van der Waals surface area contributed by atoms with Crippen LogP contribution in [0.3, 0.4) is 0 Å². The lowest BCUT2D eigenvalue weighted by Gasteiger charge is -2.07. The highest BCUT2D eigenvalue weighted by Gasteiger charge is 2.20. The highest BCUT2D eigenvalue weighted by Crippen LogP contribution is 2.21. The van der Waals surface area contributed by atoms with Gasteiger partial charge in [-0.15, -0.1) is 0 Å². The standard InChI is InChI=1S/C22H19N5O4/c1-14-9-10-16(12-19(14)27(30)31)11-17(13-23)21(28)24-20-15(2)25(3)26(22(20)29)18-7-5-4-6-8-18/h4-12H,1-3H3,(H,24,28)/b17-11+. The van der Waals surface area contributed by atoms with Gasteiger partial charge in [0.15, 0.2) is 0 Å². The van der Waals surface area contributed by atoms with E-state index in [1.165, 1.54) is 22.9 Å². The minimum atomic E-state index is -0.781. The van der Waals surface area contributed by atoms with Gasteiger partial charge in [-0.3, -0.25) is 24.4 Å². The number of nitrogens with one attached hydrogen (secondary N) is 1. The van der Waals surface area contributed by atoms with Gasteiger partial charge in [-0.05, 0) is 37.6 Å². The van der Waals surface area contributed by atoms with Crippen LogP contribution in [0.5, 0.6) is 0 Å². The van der Waals surface area contributed by atoms with Gasteiger partial charge in [-0.25, -0.2) is 4.68 Å². The average Bonchev–Trinajstić information content (AvgIpc) is 2.96. The number of hydrogen-bond donors (Lipinski definition) is 1. The Bertz CT molecular complexity index is 1310. The summed E-state index contributed by atoms with van der Waals surface area (Å²) in [5, 5.41) is 23.1. The molecule has 9 heteroatoms. The van der Waals surface area contributed by atoms with Crippen LogP contribution in [-0.4, -0.2) is 20.2 Å². The smallest absolute Gasteiger partial charge is 0.295 e. The number of benzene rings is 2. The van der Waals surface area contributed by atoms with E-state index < -0.39 is 16.4 Å². The number of nitro groups is 1.